The van der Waals surface area contributed by atoms with Gasteiger partial charge in [0, 0.05) is 0 Å². The summed E-state index contributed by atoms with van der Waals surface area (Å²) in [5.74, 6) is 1.90. The zero-order valence-corrected chi connectivity index (χ0v) is 9.21. The third kappa shape index (κ3) is 1.79. The van der Waals surface area contributed by atoms with Crippen LogP contribution in [0, 0.1) is 17.3 Å². The highest BCUT2D eigenvalue weighted by molar-refractivity contribution is 5.76. The molecule has 0 atom stereocenters. The van der Waals surface area contributed by atoms with Crippen LogP contribution in [0.4, 0.5) is 0 Å². The Hall–Kier alpha value is -0.530. The maximum atomic E-state index is 11.6. The van der Waals surface area contributed by atoms with Crippen molar-refractivity contribution < 1.29 is 9.53 Å². The number of carbonyl (C=O) groups is 1. The third-order valence-electron chi connectivity index (χ3n) is 4.10. The molecule has 0 unspecified atom stereocenters. The van der Waals surface area contributed by atoms with Gasteiger partial charge in [0.25, 0.3) is 0 Å². The standard InChI is InChI=1S/C12H20O2/c1-12(11(13)14-2)7-5-10(6-8-12)9-3-4-9/h9-10H,3-8H2,1-2H3. The summed E-state index contributed by atoms with van der Waals surface area (Å²) in [6, 6.07) is 0. The second-order valence-electron chi connectivity index (χ2n) is 5.23. The van der Waals surface area contributed by atoms with E-state index < -0.39 is 0 Å². The van der Waals surface area contributed by atoms with Crippen molar-refractivity contribution in [1.82, 2.24) is 0 Å². The zero-order valence-electron chi connectivity index (χ0n) is 9.21. The maximum Gasteiger partial charge on any atom is 0.311 e. The SMILES string of the molecule is COC(=O)C1(C)CCC(C2CC2)CC1. The molecule has 2 saturated carbocycles. The molecule has 0 aromatic carbocycles. The van der Waals surface area contributed by atoms with E-state index in [4.69, 9.17) is 4.74 Å². The van der Waals surface area contributed by atoms with Gasteiger partial charge in [0.1, 0.15) is 0 Å². The highest BCUT2D eigenvalue weighted by atomic mass is 16.5. The quantitative estimate of drug-likeness (QED) is 0.635. The minimum absolute atomic E-state index is 0.00764. The van der Waals surface area contributed by atoms with Crippen LogP contribution in [0.1, 0.15) is 45.4 Å². The number of carbonyl (C=O) groups excluding carboxylic acids is 1. The van der Waals surface area contributed by atoms with Crippen LogP contribution in [0.2, 0.25) is 0 Å². The van der Waals surface area contributed by atoms with Gasteiger partial charge in [-0.05, 0) is 57.3 Å². The lowest BCUT2D eigenvalue weighted by Gasteiger charge is -2.35. The largest absolute Gasteiger partial charge is 0.469 e. The summed E-state index contributed by atoms with van der Waals surface area (Å²) in [7, 11) is 1.50. The summed E-state index contributed by atoms with van der Waals surface area (Å²) < 4.78 is 4.87. The summed E-state index contributed by atoms with van der Waals surface area (Å²) in [5.41, 5.74) is -0.180. The van der Waals surface area contributed by atoms with E-state index in [0.29, 0.717) is 0 Å². The second kappa shape index (κ2) is 3.56. The first-order valence-electron chi connectivity index (χ1n) is 5.74. The molecular weight excluding hydrogens is 176 g/mol. The molecular formula is C12H20O2. The van der Waals surface area contributed by atoms with E-state index in [2.05, 4.69) is 6.92 Å². The molecule has 2 nitrogen and oxygen atoms in total. The fraction of sp³-hybridized carbons (Fsp3) is 0.917. The fourth-order valence-corrected chi connectivity index (χ4v) is 2.77. The van der Waals surface area contributed by atoms with Crippen molar-refractivity contribution in [3.63, 3.8) is 0 Å². The molecule has 2 fully saturated rings. The number of hydrogen-bond acceptors (Lipinski definition) is 2. The average Bonchev–Trinajstić information content (AvgIpc) is 3.01. The number of ether oxygens (including phenoxy) is 1. The highest BCUT2D eigenvalue weighted by Crippen LogP contribution is 2.48. The third-order valence-corrected chi connectivity index (χ3v) is 4.10. The normalized spacial score (nSPS) is 38.0. The summed E-state index contributed by atoms with van der Waals surface area (Å²) in [4.78, 5) is 11.6. The van der Waals surface area contributed by atoms with E-state index >= 15 is 0 Å². The van der Waals surface area contributed by atoms with Gasteiger partial charge < -0.3 is 4.74 Å². The molecule has 2 heteroatoms. The molecule has 2 rings (SSSR count). The topological polar surface area (TPSA) is 26.3 Å². The van der Waals surface area contributed by atoms with Gasteiger partial charge in [0.15, 0.2) is 0 Å². The first-order valence-corrected chi connectivity index (χ1v) is 5.74. The number of hydrogen-bond donors (Lipinski definition) is 0. The Labute approximate surface area is 86.0 Å². The molecule has 0 radical (unpaired) electrons. The molecule has 0 heterocycles. The Kier molecular flexibility index (Phi) is 2.54. The van der Waals surface area contributed by atoms with Gasteiger partial charge in [-0.1, -0.05) is 0 Å². The molecule has 80 valence electrons. The smallest absolute Gasteiger partial charge is 0.311 e. The lowest BCUT2D eigenvalue weighted by atomic mass is 9.70. The van der Waals surface area contributed by atoms with Gasteiger partial charge in [-0.15, -0.1) is 0 Å². The first kappa shape index (κ1) is 10.0. The van der Waals surface area contributed by atoms with E-state index in [1.807, 2.05) is 0 Å². The Bertz CT molecular complexity index is 222. The van der Waals surface area contributed by atoms with Crippen LogP contribution in [0.25, 0.3) is 0 Å². The molecule has 14 heavy (non-hydrogen) atoms. The minimum Gasteiger partial charge on any atom is -0.469 e. The van der Waals surface area contributed by atoms with Crippen LogP contribution in [0.5, 0.6) is 0 Å². The summed E-state index contributed by atoms with van der Waals surface area (Å²) in [5, 5.41) is 0. The summed E-state index contributed by atoms with van der Waals surface area (Å²) in [6.45, 7) is 2.06. The molecule has 0 amide bonds. The second-order valence-corrected chi connectivity index (χ2v) is 5.23. The lowest BCUT2D eigenvalue weighted by molar-refractivity contribution is -0.154. The predicted molar refractivity (Wildman–Crippen MR) is 54.8 cm³/mol. The van der Waals surface area contributed by atoms with Gasteiger partial charge in [-0.3, -0.25) is 4.79 Å². The van der Waals surface area contributed by atoms with Crippen molar-refractivity contribution in [3.8, 4) is 0 Å². The van der Waals surface area contributed by atoms with Gasteiger partial charge in [-0.2, -0.15) is 0 Å². The zero-order chi connectivity index (χ0) is 10.2. The van der Waals surface area contributed by atoms with Crippen LogP contribution in [0.3, 0.4) is 0 Å². The van der Waals surface area contributed by atoms with Crippen molar-refractivity contribution in [2.24, 2.45) is 17.3 Å². The van der Waals surface area contributed by atoms with E-state index in [1.54, 1.807) is 0 Å². The molecule has 0 saturated heterocycles. The van der Waals surface area contributed by atoms with Gasteiger partial charge >= 0.3 is 5.97 Å². The lowest BCUT2D eigenvalue weighted by Crippen LogP contribution is -2.34. The first-order chi connectivity index (χ1) is 6.65. The summed E-state index contributed by atoms with van der Waals surface area (Å²) in [6.07, 6.45) is 7.38. The maximum absolute atomic E-state index is 11.6. The van der Waals surface area contributed by atoms with Crippen LogP contribution >= 0.6 is 0 Å². The number of methoxy groups -OCH3 is 1. The van der Waals surface area contributed by atoms with Crippen LogP contribution < -0.4 is 0 Å². The molecule has 0 bridgehead atoms. The molecule has 0 N–H and O–H groups in total. The molecule has 0 aliphatic heterocycles. The van der Waals surface area contributed by atoms with Gasteiger partial charge in [0.2, 0.25) is 0 Å². The Morgan fingerprint density at radius 1 is 1.14 bits per heavy atom. The average molecular weight is 196 g/mol. The van der Waals surface area contributed by atoms with Crippen LogP contribution in [-0.4, -0.2) is 13.1 Å². The van der Waals surface area contributed by atoms with E-state index in [-0.39, 0.29) is 11.4 Å². The highest BCUT2D eigenvalue weighted by Gasteiger charge is 2.42. The molecule has 0 aromatic rings. The molecule has 2 aliphatic rings. The Morgan fingerprint density at radius 2 is 1.64 bits per heavy atom. The van der Waals surface area contributed by atoms with Crippen molar-refractivity contribution in [3.05, 3.63) is 0 Å². The molecule has 0 spiro atoms. The van der Waals surface area contributed by atoms with Crippen LogP contribution in [-0.2, 0) is 9.53 Å². The van der Waals surface area contributed by atoms with E-state index in [9.17, 15) is 4.79 Å². The predicted octanol–water partition coefficient (Wildman–Crippen LogP) is 2.77. The number of esters is 1. The monoisotopic (exact) mass is 196 g/mol. The number of rotatable bonds is 2. The Balaban J connectivity index is 1.90. The molecule has 2 aliphatic carbocycles. The van der Waals surface area contributed by atoms with Crippen molar-refractivity contribution in [2.45, 2.75) is 45.4 Å². The van der Waals surface area contributed by atoms with Crippen molar-refractivity contribution >= 4 is 5.97 Å². The Morgan fingerprint density at radius 3 is 2.07 bits per heavy atom. The van der Waals surface area contributed by atoms with Gasteiger partial charge in [-0.25, -0.2) is 0 Å². The summed E-state index contributed by atoms with van der Waals surface area (Å²) >= 11 is 0. The molecule has 0 aromatic heterocycles. The van der Waals surface area contributed by atoms with Crippen molar-refractivity contribution in [1.29, 1.82) is 0 Å². The fourth-order valence-electron chi connectivity index (χ4n) is 2.77. The van der Waals surface area contributed by atoms with Crippen LogP contribution in [0.15, 0.2) is 0 Å². The minimum atomic E-state index is -0.180. The van der Waals surface area contributed by atoms with Crippen molar-refractivity contribution in [2.75, 3.05) is 7.11 Å². The van der Waals surface area contributed by atoms with E-state index in [0.717, 1.165) is 24.7 Å². The van der Waals surface area contributed by atoms with Gasteiger partial charge in [0.05, 0.1) is 12.5 Å². The van der Waals surface area contributed by atoms with E-state index in [1.165, 1.54) is 32.8 Å².